The molecule has 6 heteroatoms. The molecule has 4 nitrogen and oxygen atoms in total. The van der Waals surface area contributed by atoms with Crippen LogP contribution in [0.5, 0.6) is 0 Å². The molecular formula is C16H24Cl2N2O2. The molecule has 0 spiro atoms. The van der Waals surface area contributed by atoms with Gasteiger partial charge < -0.3 is 15.4 Å². The van der Waals surface area contributed by atoms with Crippen molar-refractivity contribution in [2.75, 3.05) is 6.54 Å². The average molecular weight is 347 g/mol. The quantitative estimate of drug-likeness (QED) is 0.803. The summed E-state index contributed by atoms with van der Waals surface area (Å²) < 4.78 is 5.25. The summed E-state index contributed by atoms with van der Waals surface area (Å²) in [7, 11) is 0. The van der Waals surface area contributed by atoms with E-state index in [4.69, 9.17) is 27.9 Å². The number of hydrogen-bond donors (Lipinski definition) is 2. The largest absolute Gasteiger partial charge is 0.444 e. The number of ether oxygens (including phenoxy) is 1. The molecule has 2 N–H and O–H groups in total. The summed E-state index contributed by atoms with van der Waals surface area (Å²) >= 11 is 11.9. The lowest BCUT2D eigenvalue weighted by atomic mass is 10.2. The molecule has 1 aromatic carbocycles. The zero-order valence-electron chi connectivity index (χ0n) is 13.5. The van der Waals surface area contributed by atoms with Gasteiger partial charge in [0.15, 0.2) is 0 Å². The first-order valence-electron chi connectivity index (χ1n) is 7.35. The Labute approximate surface area is 142 Å². The molecule has 1 unspecified atom stereocenters. The van der Waals surface area contributed by atoms with Crippen LogP contribution in [-0.4, -0.2) is 24.3 Å². The van der Waals surface area contributed by atoms with Crippen LogP contribution in [-0.2, 0) is 11.3 Å². The van der Waals surface area contributed by atoms with Crippen LogP contribution in [0.4, 0.5) is 4.79 Å². The molecule has 0 radical (unpaired) electrons. The molecule has 0 aliphatic heterocycles. The van der Waals surface area contributed by atoms with E-state index in [9.17, 15) is 4.79 Å². The van der Waals surface area contributed by atoms with E-state index in [2.05, 4.69) is 10.6 Å². The van der Waals surface area contributed by atoms with Gasteiger partial charge in [-0.1, -0.05) is 36.2 Å². The first kappa shape index (κ1) is 19.1. The first-order valence-corrected chi connectivity index (χ1v) is 8.11. The minimum absolute atomic E-state index is 0.0117. The Balaban J connectivity index is 2.40. The predicted molar refractivity (Wildman–Crippen MR) is 91.6 cm³/mol. The Kier molecular flexibility index (Phi) is 7.46. The van der Waals surface area contributed by atoms with Crippen LogP contribution in [0, 0.1) is 0 Å². The minimum atomic E-state index is -0.490. The van der Waals surface area contributed by atoms with Crippen molar-refractivity contribution < 1.29 is 9.53 Å². The monoisotopic (exact) mass is 346 g/mol. The van der Waals surface area contributed by atoms with Gasteiger partial charge in [-0.2, -0.15) is 0 Å². The van der Waals surface area contributed by atoms with Gasteiger partial charge in [0.25, 0.3) is 0 Å². The molecule has 124 valence electrons. The second-order valence-electron chi connectivity index (χ2n) is 6.13. The number of benzene rings is 1. The van der Waals surface area contributed by atoms with Crippen LogP contribution < -0.4 is 10.6 Å². The van der Waals surface area contributed by atoms with Crippen molar-refractivity contribution in [3.8, 4) is 0 Å². The van der Waals surface area contributed by atoms with Crippen LogP contribution in [0.25, 0.3) is 0 Å². The third-order valence-electron chi connectivity index (χ3n) is 2.92. The normalized spacial score (nSPS) is 12.8. The van der Waals surface area contributed by atoms with Gasteiger partial charge in [-0.15, -0.1) is 0 Å². The Bertz CT molecular complexity index is 501. The van der Waals surface area contributed by atoms with Crippen LogP contribution >= 0.6 is 23.2 Å². The van der Waals surface area contributed by atoms with Gasteiger partial charge >= 0.3 is 6.09 Å². The summed E-state index contributed by atoms with van der Waals surface area (Å²) in [5.41, 5.74) is 0.553. The number of hydrogen-bond acceptors (Lipinski definition) is 3. The van der Waals surface area contributed by atoms with E-state index < -0.39 is 11.7 Å². The first-order chi connectivity index (χ1) is 10.2. The molecule has 22 heavy (non-hydrogen) atoms. The molecule has 0 heterocycles. The molecule has 1 atom stereocenters. The standard InChI is InChI=1S/C16H24Cl2N2O2/c1-5-12(20-15(21)22-16(2,3)4)10-19-9-11-6-7-13(17)14(18)8-11/h6-8,12,19H,5,9-10H2,1-4H3,(H,20,21). The lowest BCUT2D eigenvalue weighted by Gasteiger charge is -2.23. The van der Waals surface area contributed by atoms with Gasteiger partial charge in [-0.25, -0.2) is 4.79 Å². The molecule has 1 rings (SSSR count). The molecule has 1 amide bonds. The Morgan fingerprint density at radius 2 is 1.95 bits per heavy atom. The summed E-state index contributed by atoms with van der Waals surface area (Å²) in [4.78, 5) is 11.8. The second kappa shape index (κ2) is 8.61. The molecule has 0 bridgehead atoms. The van der Waals surface area contributed by atoms with Crippen molar-refractivity contribution in [1.29, 1.82) is 0 Å². The Morgan fingerprint density at radius 1 is 1.27 bits per heavy atom. The number of rotatable bonds is 6. The number of carbonyl (C=O) groups excluding carboxylic acids is 1. The van der Waals surface area contributed by atoms with E-state index in [1.807, 2.05) is 39.8 Å². The Hall–Kier alpha value is -0.970. The summed E-state index contributed by atoms with van der Waals surface area (Å²) in [6, 6.07) is 5.54. The lowest BCUT2D eigenvalue weighted by Crippen LogP contribution is -2.43. The summed E-state index contributed by atoms with van der Waals surface area (Å²) in [6.07, 6.45) is 0.420. The fraction of sp³-hybridized carbons (Fsp3) is 0.562. The molecule has 1 aromatic rings. The maximum atomic E-state index is 11.8. The van der Waals surface area contributed by atoms with E-state index in [-0.39, 0.29) is 6.04 Å². The summed E-state index contributed by atoms with van der Waals surface area (Å²) in [6.45, 7) is 8.85. The van der Waals surface area contributed by atoms with Gasteiger partial charge in [-0.3, -0.25) is 0 Å². The van der Waals surface area contributed by atoms with Crippen molar-refractivity contribution in [1.82, 2.24) is 10.6 Å². The molecule has 0 fully saturated rings. The van der Waals surface area contributed by atoms with Gasteiger partial charge in [0.05, 0.1) is 10.0 Å². The third-order valence-corrected chi connectivity index (χ3v) is 3.66. The molecule has 0 aliphatic rings. The minimum Gasteiger partial charge on any atom is -0.444 e. The van der Waals surface area contributed by atoms with E-state index in [0.717, 1.165) is 12.0 Å². The fourth-order valence-corrected chi connectivity index (χ4v) is 2.13. The topological polar surface area (TPSA) is 50.4 Å². The summed E-state index contributed by atoms with van der Waals surface area (Å²) in [5.74, 6) is 0. The van der Waals surface area contributed by atoms with Gasteiger partial charge in [0.1, 0.15) is 5.60 Å². The number of carbonyl (C=O) groups is 1. The predicted octanol–water partition coefficient (Wildman–Crippen LogP) is 4.39. The van der Waals surface area contributed by atoms with Crippen molar-refractivity contribution >= 4 is 29.3 Å². The van der Waals surface area contributed by atoms with Crippen molar-refractivity contribution in [2.45, 2.75) is 52.3 Å². The Morgan fingerprint density at radius 3 is 2.50 bits per heavy atom. The molecular weight excluding hydrogens is 323 g/mol. The smallest absolute Gasteiger partial charge is 0.407 e. The van der Waals surface area contributed by atoms with Crippen LogP contribution in [0.1, 0.15) is 39.7 Å². The average Bonchev–Trinajstić information content (AvgIpc) is 2.39. The highest BCUT2D eigenvalue weighted by molar-refractivity contribution is 6.42. The lowest BCUT2D eigenvalue weighted by molar-refractivity contribution is 0.0502. The fourth-order valence-electron chi connectivity index (χ4n) is 1.81. The highest BCUT2D eigenvalue weighted by Crippen LogP contribution is 2.22. The van der Waals surface area contributed by atoms with Crippen molar-refractivity contribution in [3.63, 3.8) is 0 Å². The highest BCUT2D eigenvalue weighted by atomic mass is 35.5. The number of halogens is 2. The third kappa shape index (κ3) is 7.34. The number of nitrogens with one attached hydrogen (secondary N) is 2. The molecule has 0 saturated carbocycles. The second-order valence-corrected chi connectivity index (χ2v) is 6.95. The van der Waals surface area contributed by atoms with E-state index in [1.54, 1.807) is 6.07 Å². The number of alkyl carbamates (subject to hydrolysis) is 1. The van der Waals surface area contributed by atoms with E-state index in [0.29, 0.717) is 23.1 Å². The maximum absolute atomic E-state index is 11.8. The van der Waals surface area contributed by atoms with Crippen LogP contribution in [0.3, 0.4) is 0 Å². The molecule has 0 aliphatic carbocycles. The SMILES string of the molecule is CCC(CNCc1ccc(Cl)c(Cl)c1)NC(=O)OC(C)(C)C. The molecule has 0 saturated heterocycles. The van der Waals surface area contributed by atoms with E-state index >= 15 is 0 Å². The van der Waals surface area contributed by atoms with Gasteiger partial charge in [0.2, 0.25) is 0 Å². The number of amides is 1. The van der Waals surface area contributed by atoms with Crippen LogP contribution in [0.15, 0.2) is 18.2 Å². The highest BCUT2D eigenvalue weighted by Gasteiger charge is 2.18. The maximum Gasteiger partial charge on any atom is 0.407 e. The van der Waals surface area contributed by atoms with Crippen LogP contribution in [0.2, 0.25) is 10.0 Å². The van der Waals surface area contributed by atoms with Gasteiger partial charge in [-0.05, 0) is 44.9 Å². The zero-order valence-corrected chi connectivity index (χ0v) is 15.0. The molecule has 0 aromatic heterocycles. The zero-order chi connectivity index (χ0) is 16.8. The van der Waals surface area contributed by atoms with E-state index in [1.165, 1.54) is 0 Å². The summed E-state index contributed by atoms with van der Waals surface area (Å²) in [5, 5.41) is 7.24. The van der Waals surface area contributed by atoms with Crippen molar-refractivity contribution in [2.24, 2.45) is 0 Å². The van der Waals surface area contributed by atoms with Crippen molar-refractivity contribution in [3.05, 3.63) is 33.8 Å². The van der Waals surface area contributed by atoms with Gasteiger partial charge in [0, 0.05) is 19.1 Å².